The summed E-state index contributed by atoms with van der Waals surface area (Å²) in [7, 11) is -2.91. The maximum absolute atomic E-state index is 12.3. The van der Waals surface area contributed by atoms with Gasteiger partial charge in [0.25, 0.3) is 8.54 Å². The van der Waals surface area contributed by atoms with Gasteiger partial charge in [-0.3, -0.25) is 4.79 Å². The van der Waals surface area contributed by atoms with E-state index >= 15 is 0 Å². The maximum Gasteiger partial charge on any atom is 0.321 e. The van der Waals surface area contributed by atoms with Crippen LogP contribution in [-0.2, 0) is 15.7 Å². The van der Waals surface area contributed by atoms with Crippen molar-refractivity contribution >= 4 is 26.3 Å². The number of rotatable bonds is 6. The van der Waals surface area contributed by atoms with Gasteiger partial charge in [0, 0.05) is 4.90 Å². The summed E-state index contributed by atoms with van der Waals surface area (Å²) in [5, 5.41) is 0. The van der Waals surface area contributed by atoms with Crippen LogP contribution in [0.4, 0.5) is 8.39 Å². The highest BCUT2D eigenvalue weighted by Crippen LogP contribution is 2.42. The first-order valence-electron chi connectivity index (χ1n) is 5.89. The Morgan fingerprint density at radius 2 is 1.89 bits per heavy atom. The number of benzene rings is 1. The molecule has 0 saturated carbocycles. The van der Waals surface area contributed by atoms with Gasteiger partial charge in [-0.05, 0) is 38.5 Å². The van der Waals surface area contributed by atoms with Crippen molar-refractivity contribution in [3.05, 3.63) is 29.8 Å². The SMILES string of the molecule is CCOC(=O)C(C)(C)Sc1ccc(CP(F)F)cc1. The fourth-order valence-corrected chi connectivity index (χ4v) is 2.93. The van der Waals surface area contributed by atoms with Crippen LogP contribution in [0.3, 0.4) is 0 Å². The zero-order valence-corrected chi connectivity index (χ0v) is 12.9. The van der Waals surface area contributed by atoms with Crippen LogP contribution in [0.1, 0.15) is 26.3 Å². The van der Waals surface area contributed by atoms with E-state index in [-0.39, 0.29) is 12.1 Å². The van der Waals surface area contributed by atoms with Crippen molar-refractivity contribution in [3.63, 3.8) is 0 Å². The highest BCUT2D eigenvalue weighted by molar-refractivity contribution is 8.01. The standard InChI is InChI=1S/C13H17F2O2PS/c1-4-17-12(16)13(2,3)19-11-7-5-10(6-8-11)9-18(14)15/h5-8H,4,9H2,1-3H3. The third kappa shape index (κ3) is 5.45. The molecule has 2 nitrogen and oxygen atoms in total. The number of hydrogen-bond donors (Lipinski definition) is 0. The molecule has 0 atom stereocenters. The number of hydrogen-bond acceptors (Lipinski definition) is 3. The Morgan fingerprint density at radius 3 is 2.37 bits per heavy atom. The first-order valence-corrected chi connectivity index (χ1v) is 8.02. The van der Waals surface area contributed by atoms with E-state index in [1.165, 1.54) is 11.8 Å². The quantitative estimate of drug-likeness (QED) is 0.426. The Labute approximate surface area is 117 Å². The Hall–Kier alpha value is -0.670. The molecule has 0 unspecified atom stereocenters. The fourth-order valence-electron chi connectivity index (χ4n) is 1.44. The van der Waals surface area contributed by atoms with E-state index in [9.17, 15) is 13.2 Å². The van der Waals surface area contributed by atoms with Crippen LogP contribution in [0.25, 0.3) is 0 Å². The van der Waals surface area contributed by atoms with Crippen molar-refractivity contribution in [1.29, 1.82) is 0 Å². The molecule has 6 heteroatoms. The number of esters is 1. The van der Waals surface area contributed by atoms with Gasteiger partial charge in [-0.2, -0.15) is 8.39 Å². The van der Waals surface area contributed by atoms with Crippen LogP contribution in [0.2, 0.25) is 0 Å². The fraction of sp³-hybridized carbons (Fsp3) is 0.462. The first-order chi connectivity index (χ1) is 8.85. The molecular formula is C13H17F2O2PS. The molecule has 0 radical (unpaired) electrons. The van der Waals surface area contributed by atoms with Gasteiger partial charge in [0.15, 0.2) is 0 Å². The smallest absolute Gasteiger partial charge is 0.321 e. The minimum atomic E-state index is -2.91. The van der Waals surface area contributed by atoms with E-state index in [0.717, 1.165) is 4.90 Å². The predicted molar refractivity (Wildman–Crippen MR) is 75.9 cm³/mol. The summed E-state index contributed by atoms with van der Waals surface area (Å²) in [5.74, 6) is -0.278. The molecular weight excluding hydrogens is 289 g/mol. The van der Waals surface area contributed by atoms with Gasteiger partial charge in [-0.15, -0.1) is 11.8 Å². The van der Waals surface area contributed by atoms with Gasteiger partial charge in [0.2, 0.25) is 0 Å². The lowest BCUT2D eigenvalue weighted by molar-refractivity contribution is -0.145. The molecule has 0 amide bonds. The van der Waals surface area contributed by atoms with Crippen LogP contribution in [0.5, 0.6) is 0 Å². The van der Waals surface area contributed by atoms with Crippen molar-refractivity contribution in [2.24, 2.45) is 0 Å². The topological polar surface area (TPSA) is 26.3 Å². The number of thioether (sulfide) groups is 1. The lowest BCUT2D eigenvalue weighted by Crippen LogP contribution is -2.29. The summed E-state index contributed by atoms with van der Waals surface area (Å²) in [6.07, 6.45) is -0.179. The summed E-state index contributed by atoms with van der Waals surface area (Å²) < 4.78 is 28.9. The summed E-state index contributed by atoms with van der Waals surface area (Å²) in [5.41, 5.74) is 0.620. The van der Waals surface area contributed by atoms with Gasteiger partial charge in [0.1, 0.15) is 4.75 Å². The summed E-state index contributed by atoms with van der Waals surface area (Å²) in [6.45, 7) is 5.68. The molecule has 0 heterocycles. The first kappa shape index (κ1) is 16.4. The van der Waals surface area contributed by atoms with Gasteiger partial charge in [-0.1, -0.05) is 12.1 Å². The van der Waals surface area contributed by atoms with Crippen LogP contribution in [0.15, 0.2) is 29.2 Å². The van der Waals surface area contributed by atoms with E-state index in [2.05, 4.69) is 0 Å². The van der Waals surface area contributed by atoms with Gasteiger partial charge in [-0.25, -0.2) is 0 Å². The van der Waals surface area contributed by atoms with E-state index in [1.807, 2.05) is 0 Å². The minimum absolute atomic E-state index is 0.179. The summed E-state index contributed by atoms with van der Waals surface area (Å²) in [4.78, 5) is 12.6. The second-order valence-electron chi connectivity index (χ2n) is 4.44. The third-order valence-electron chi connectivity index (χ3n) is 2.37. The van der Waals surface area contributed by atoms with E-state index in [1.54, 1.807) is 45.0 Å². The predicted octanol–water partition coefficient (Wildman–Crippen LogP) is 4.87. The Bertz CT molecular complexity index is 421. The summed E-state index contributed by atoms with van der Waals surface area (Å²) >= 11 is 1.36. The number of ether oxygens (including phenoxy) is 1. The van der Waals surface area contributed by atoms with Crippen LogP contribution < -0.4 is 0 Å². The van der Waals surface area contributed by atoms with Crippen LogP contribution in [0, 0.1) is 0 Å². The molecule has 0 spiro atoms. The minimum Gasteiger partial charge on any atom is -0.465 e. The highest BCUT2D eigenvalue weighted by atomic mass is 32.2. The van der Waals surface area contributed by atoms with Crippen LogP contribution >= 0.6 is 20.3 Å². The van der Waals surface area contributed by atoms with Crippen molar-refractivity contribution in [1.82, 2.24) is 0 Å². The monoisotopic (exact) mass is 306 g/mol. The van der Waals surface area contributed by atoms with Crippen molar-refractivity contribution < 1.29 is 17.9 Å². The van der Waals surface area contributed by atoms with Crippen LogP contribution in [-0.4, -0.2) is 17.3 Å². The molecule has 0 aliphatic heterocycles. The molecule has 0 aromatic heterocycles. The number of carbonyl (C=O) groups is 1. The Kier molecular flexibility index (Phi) is 6.21. The lowest BCUT2D eigenvalue weighted by atomic mass is 10.2. The maximum atomic E-state index is 12.3. The lowest BCUT2D eigenvalue weighted by Gasteiger charge is -2.21. The largest absolute Gasteiger partial charge is 0.465 e. The van der Waals surface area contributed by atoms with Crippen molar-refractivity contribution in [2.75, 3.05) is 6.61 Å². The Morgan fingerprint density at radius 1 is 1.32 bits per heavy atom. The van der Waals surface area contributed by atoms with Crippen molar-refractivity contribution in [3.8, 4) is 0 Å². The molecule has 106 valence electrons. The Balaban J connectivity index is 2.69. The van der Waals surface area contributed by atoms with E-state index in [0.29, 0.717) is 12.2 Å². The van der Waals surface area contributed by atoms with Gasteiger partial charge >= 0.3 is 5.97 Å². The van der Waals surface area contributed by atoms with E-state index in [4.69, 9.17) is 4.74 Å². The molecule has 0 saturated heterocycles. The van der Waals surface area contributed by atoms with Crippen molar-refractivity contribution in [2.45, 2.75) is 36.6 Å². The average Bonchev–Trinajstić information content (AvgIpc) is 2.31. The molecule has 19 heavy (non-hydrogen) atoms. The molecule has 0 bridgehead atoms. The second kappa shape index (κ2) is 7.20. The molecule has 1 aromatic carbocycles. The molecule has 0 aliphatic rings. The molecule has 0 aliphatic carbocycles. The highest BCUT2D eigenvalue weighted by Gasteiger charge is 2.30. The third-order valence-corrected chi connectivity index (χ3v) is 4.15. The molecule has 0 fully saturated rings. The van der Waals surface area contributed by atoms with Gasteiger partial charge in [0.05, 0.1) is 12.8 Å². The molecule has 1 aromatic rings. The second-order valence-corrected chi connectivity index (χ2v) is 7.06. The summed E-state index contributed by atoms with van der Waals surface area (Å²) in [6, 6.07) is 6.88. The normalized spacial score (nSPS) is 11.7. The molecule has 0 N–H and O–H groups in total. The number of carbonyl (C=O) groups excluding carboxylic acids is 1. The van der Waals surface area contributed by atoms with E-state index < -0.39 is 13.3 Å². The zero-order chi connectivity index (χ0) is 14.5. The van der Waals surface area contributed by atoms with Gasteiger partial charge < -0.3 is 4.74 Å². The zero-order valence-electron chi connectivity index (χ0n) is 11.2. The average molecular weight is 306 g/mol. The number of halogens is 2. The molecule has 1 rings (SSSR count).